The quantitative estimate of drug-likeness (QED) is 0.361. The first-order chi connectivity index (χ1) is 16.6. The van der Waals surface area contributed by atoms with E-state index in [-0.39, 0.29) is 11.9 Å². The van der Waals surface area contributed by atoms with Crippen molar-refractivity contribution in [2.24, 2.45) is 0 Å². The molecule has 0 saturated heterocycles. The Morgan fingerprint density at radius 1 is 1.00 bits per heavy atom. The van der Waals surface area contributed by atoms with Crippen molar-refractivity contribution in [3.63, 3.8) is 0 Å². The molecule has 0 spiro atoms. The van der Waals surface area contributed by atoms with E-state index in [1.165, 1.54) is 0 Å². The van der Waals surface area contributed by atoms with Crippen LogP contribution in [-0.2, 0) is 6.54 Å². The predicted molar refractivity (Wildman–Crippen MR) is 132 cm³/mol. The first-order valence-electron chi connectivity index (χ1n) is 11.4. The van der Waals surface area contributed by atoms with Crippen molar-refractivity contribution in [1.29, 1.82) is 0 Å². The predicted octanol–water partition coefficient (Wildman–Crippen LogP) is 5.01. The summed E-state index contributed by atoms with van der Waals surface area (Å²) in [5.41, 5.74) is 2.39. The van der Waals surface area contributed by atoms with Crippen LogP contribution < -0.4 is 19.5 Å². The molecule has 1 unspecified atom stereocenters. The molecule has 176 valence electrons. The minimum Gasteiger partial charge on any atom is -0.497 e. The number of methoxy groups -OCH3 is 1. The molecule has 7 heteroatoms. The fourth-order valence-corrected chi connectivity index (χ4v) is 3.86. The second kappa shape index (κ2) is 10.7. The number of amides is 1. The van der Waals surface area contributed by atoms with Gasteiger partial charge in [-0.25, -0.2) is 4.98 Å². The van der Waals surface area contributed by atoms with Crippen LogP contribution in [0.5, 0.6) is 17.2 Å². The molecular weight excluding hydrogens is 430 g/mol. The van der Waals surface area contributed by atoms with Crippen molar-refractivity contribution in [2.75, 3.05) is 20.3 Å². The summed E-state index contributed by atoms with van der Waals surface area (Å²) in [5.74, 6) is 2.64. The van der Waals surface area contributed by atoms with Gasteiger partial charge in [-0.3, -0.25) is 4.79 Å². The Morgan fingerprint density at radius 2 is 1.74 bits per heavy atom. The molecule has 1 atom stereocenters. The number of carbonyl (C=O) groups is 1. The smallest absolute Gasteiger partial charge is 0.251 e. The largest absolute Gasteiger partial charge is 0.497 e. The van der Waals surface area contributed by atoms with Gasteiger partial charge in [-0.1, -0.05) is 30.3 Å². The molecular formula is C27H29N3O4. The molecule has 4 rings (SSSR count). The molecule has 3 aromatic carbocycles. The standard InChI is InChI=1S/C27H29N3O4/c1-4-33-24-14-7-8-15-25(24)34-17-16-30-23-13-6-5-12-22(23)29-26(30)19(2)28-27(31)20-10-9-11-21(18-20)32-3/h5-15,18-19H,4,16-17H2,1-3H3,(H,28,31). The van der Waals surface area contributed by atoms with E-state index in [1.807, 2.05) is 68.4 Å². The number of hydrogen-bond donors (Lipinski definition) is 1. The van der Waals surface area contributed by atoms with Crippen molar-refractivity contribution >= 4 is 16.9 Å². The summed E-state index contributed by atoms with van der Waals surface area (Å²) in [6, 6.07) is 22.3. The summed E-state index contributed by atoms with van der Waals surface area (Å²) in [7, 11) is 1.58. The third-order valence-corrected chi connectivity index (χ3v) is 5.47. The summed E-state index contributed by atoms with van der Waals surface area (Å²) >= 11 is 0. The van der Waals surface area contributed by atoms with Crippen LogP contribution in [0.15, 0.2) is 72.8 Å². The summed E-state index contributed by atoms with van der Waals surface area (Å²) in [6.07, 6.45) is 0. The number of fused-ring (bicyclic) bond motifs is 1. The van der Waals surface area contributed by atoms with Crippen LogP contribution in [0.1, 0.15) is 36.1 Å². The average molecular weight is 460 g/mol. The molecule has 4 aromatic rings. The Morgan fingerprint density at radius 3 is 2.50 bits per heavy atom. The monoisotopic (exact) mass is 459 g/mol. The van der Waals surface area contributed by atoms with E-state index in [0.717, 1.165) is 22.6 Å². The topological polar surface area (TPSA) is 74.6 Å². The number of nitrogens with zero attached hydrogens (tertiary/aromatic N) is 2. The highest BCUT2D eigenvalue weighted by atomic mass is 16.5. The Hall–Kier alpha value is -4.00. The summed E-state index contributed by atoms with van der Waals surface area (Å²) in [6.45, 7) is 5.44. The van der Waals surface area contributed by atoms with Crippen LogP contribution in [-0.4, -0.2) is 35.8 Å². The minimum atomic E-state index is -0.318. The third-order valence-electron chi connectivity index (χ3n) is 5.47. The molecule has 0 saturated carbocycles. The molecule has 7 nitrogen and oxygen atoms in total. The van der Waals surface area contributed by atoms with Gasteiger partial charge in [-0.2, -0.15) is 0 Å². The number of para-hydroxylation sites is 4. The van der Waals surface area contributed by atoms with Crippen LogP contribution in [0.2, 0.25) is 0 Å². The minimum absolute atomic E-state index is 0.188. The highest BCUT2D eigenvalue weighted by molar-refractivity contribution is 5.94. The van der Waals surface area contributed by atoms with Gasteiger partial charge in [0.05, 0.1) is 37.3 Å². The lowest BCUT2D eigenvalue weighted by Crippen LogP contribution is -2.29. The number of imidazole rings is 1. The van der Waals surface area contributed by atoms with Gasteiger partial charge in [-0.05, 0) is 56.3 Å². The van der Waals surface area contributed by atoms with Gasteiger partial charge < -0.3 is 24.1 Å². The van der Waals surface area contributed by atoms with Gasteiger partial charge >= 0.3 is 0 Å². The number of carbonyl (C=O) groups excluding carboxylic acids is 1. The molecule has 1 amide bonds. The zero-order valence-corrected chi connectivity index (χ0v) is 19.7. The van der Waals surface area contributed by atoms with E-state index in [9.17, 15) is 4.79 Å². The Bertz CT molecular complexity index is 1270. The Labute approximate surface area is 199 Å². The summed E-state index contributed by atoms with van der Waals surface area (Å²) in [5, 5.41) is 3.06. The summed E-state index contributed by atoms with van der Waals surface area (Å²) < 4.78 is 19.0. The van der Waals surface area contributed by atoms with Gasteiger partial charge in [0.2, 0.25) is 0 Å². The lowest BCUT2D eigenvalue weighted by Gasteiger charge is -2.17. The van der Waals surface area contributed by atoms with Crippen LogP contribution in [0.25, 0.3) is 11.0 Å². The van der Waals surface area contributed by atoms with Gasteiger partial charge in [0.15, 0.2) is 11.5 Å². The molecule has 0 aliphatic rings. The highest BCUT2D eigenvalue weighted by Gasteiger charge is 2.19. The third kappa shape index (κ3) is 5.14. The second-order valence-electron chi connectivity index (χ2n) is 7.77. The van der Waals surface area contributed by atoms with Gasteiger partial charge in [0, 0.05) is 5.56 Å². The average Bonchev–Trinajstić information content (AvgIpc) is 3.24. The zero-order valence-electron chi connectivity index (χ0n) is 19.7. The lowest BCUT2D eigenvalue weighted by atomic mass is 10.2. The van der Waals surface area contributed by atoms with Crippen molar-refractivity contribution < 1.29 is 19.0 Å². The molecule has 0 aliphatic heterocycles. The Kier molecular flexibility index (Phi) is 7.32. The number of nitrogens with one attached hydrogen (secondary N) is 1. The molecule has 34 heavy (non-hydrogen) atoms. The first kappa shape index (κ1) is 23.2. The number of rotatable bonds is 10. The summed E-state index contributed by atoms with van der Waals surface area (Å²) in [4.78, 5) is 17.7. The first-order valence-corrected chi connectivity index (χ1v) is 11.4. The highest BCUT2D eigenvalue weighted by Crippen LogP contribution is 2.27. The van der Waals surface area contributed by atoms with E-state index in [4.69, 9.17) is 19.2 Å². The molecule has 1 heterocycles. The SMILES string of the molecule is CCOc1ccccc1OCCn1c(C(C)NC(=O)c2cccc(OC)c2)nc2ccccc21. The number of aromatic nitrogens is 2. The molecule has 0 aliphatic carbocycles. The molecule has 0 radical (unpaired) electrons. The molecule has 0 bridgehead atoms. The van der Waals surface area contributed by atoms with E-state index < -0.39 is 0 Å². The lowest BCUT2D eigenvalue weighted by molar-refractivity contribution is 0.0937. The van der Waals surface area contributed by atoms with Gasteiger partial charge in [0.25, 0.3) is 5.91 Å². The fourth-order valence-electron chi connectivity index (χ4n) is 3.86. The zero-order chi connectivity index (χ0) is 23.9. The molecule has 1 N–H and O–H groups in total. The fraction of sp³-hybridized carbons (Fsp3) is 0.259. The van der Waals surface area contributed by atoms with Crippen LogP contribution in [0.4, 0.5) is 0 Å². The maximum atomic E-state index is 12.9. The van der Waals surface area contributed by atoms with E-state index in [1.54, 1.807) is 25.3 Å². The Balaban J connectivity index is 1.53. The van der Waals surface area contributed by atoms with Crippen LogP contribution in [0, 0.1) is 0 Å². The van der Waals surface area contributed by atoms with E-state index in [0.29, 0.717) is 36.8 Å². The number of hydrogen-bond acceptors (Lipinski definition) is 5. The van der Waals surface area contributed by atoms with E-state index in [2.05, 4.69) is 9.88 Å². The normalized spacial score (nSPS) is 11.7. The second-order valence-corrected chi connectivity index (χ2v) is 7.77. The molecule has 1 aromatic heterocycles. The van der Waals surface area contributed by atoms with Gasteiger partial charge in [-0.15, -0.1) is 0 Å². The van der Waals surface area contributed by atoms with Crippen molar-refractivity contribution in [2.45, 2.75) is 26.4 Å². The number of benzene rings is 3. The molecule has 0 fully saturated rings. The maximum Gasteiger partial charge on any atom is 0.251 e. The van der Waals surface area contributed by atoms with Crippen LogP contribution >= 0.6 is 0 Å². The van der Waals surface area contributed by atoms with Crippen molar-refractivity contribution in [1.82, 2.24) is 14.9 Å². The van der Waals surface area contributed by atoms with Gasteiger partial charge in [0.1, 0.15) is 18.2 Å². The van der Waals surface area contributed by atoms with Crippen molar-refractivity contribution in [3.05, 3.63) is 84.2 Å². The van der Waals surface area contributed by atoms with E-state index >= 15 is 0 Å². The van der Waals surface area contributed by atoms with Crippen LogP contribution in [0.3, 0.4) is 0 Å². The van der Waals surface area contributed by atoms with Crippen molar-refractivity contribution in [3.8, 4) is 17.2 Å². The maximum absolute atomic E-state index is 12.9. The number of ether oxygens (including phenoxy) is 3.